The van der Waals surface area contributed by atoms with E-state index in [1.165, 1.54) is 7.11 Å². The first-order valence-electron chi connectivity index (χ1n) is 8.34. The van der Waals surface area contributed by atoms with Gasteiger partial charge in [0.15, 0.2) is 0 Å². The molecule has 1 saturated heterocycles. The predicted molar refractivity (Wildman–Crippen MR) is 96.1 cm³/mol. The molecule has 1 aromatic carbocycles. The van der Waals surface area contributed by atoms with Crippen LogP contribution in [0.3, 0.4) is 0 Å². The summed E-state index contributed by atoms with van der Waals surface area (Å²) in [5.41, 5.74) is 8.33. The van der Waals surface area contributed by atoms with Gasteiger partial charge >= 0.3 is 5.97 Å². The zero-order chi connectivity index (χ0) is 18.2. The highest BCUT2D eigenvalue weighted by atomic mass is 16.5. The number of likely N-dealkylation sites (tertiary alicyclic amines) is 1. The van der Waals surface area contributed by atoms with E-state index < -0.39 is 0 Å². The van der Waals surface area contributed by atoms with Crippen molar-refractivity contribution in [2.75, 3.05) is 27.2 Å². The number of nitrogens with one attached hydrogen (secondary N) is 2. The fourth-order valence-corrected chi connectivity index (χ4v) is 2.76. The topological polar surface area (TPSA) is 96.7 Å². The summed E-state index contributed by atoms with van der Waals surface area (Å²) in [5.74, 6) is -0.279. The summed E-state index contributed by atoms with van der Waals surface area (Å²) in [6, 6.07) is 7.60. The van der Waals surface area contributed by atoms with Gasteiger partial charge in [-0.25, -0.2) is 0 Å². The van der Waals surface area contributed by atoms with Crippen molar-refractivity contribution in [2.24, 2.45) is 5.73 Å². The molecule has 0 aliphatic carbocycles. The van der Waals surface area contributed by atoms with Crippen LogP contribution in [0.1, 0.15) is 24.0 Å². The number of ether oxygens (including phenoxy) is 1. The Kier molecular flexibility index (Phi) is 6.82. The predicted octanol–water partition coefficient (Wildman–Crippen LogP) is 0.417. The number of carbonyl (C=O) groups is 2. The van der Waals surface area contributed by atoms with Crippen molar-refractivity contribution in [1.29, 1.82) is 0 Å². The third-order valence-corrected chi connectivity index (χ3v) is 4.31. The number of likely N-dealkylation sites (N-methyl/N-ethyl adjacent to an activating group) is 1. The molecule has 0 radical (unpaired) electrons. The fraction of sp³-hybridized carbons (Fsp3) is 0.444. The summed E-state index contributed by atoms with van der Waals surface area (Å²) >= 11 is 0. The summed E-state index contributed by atoms with van der Waals surface area (Å²) in [4.78, 5) is 25.3. The molecule has 1 aromatic rings. The van der Waals surface area contributed by atoms with Gasteiger partial charge in [-0.1, -0.05) is 24.3 Å². The summed E-state index contributed by atoms with van der Waals surface area (Å²) in [5, 5.41) is 5.78. The quantitative estimate of drug-likeness (QED) is 0.619. The van der Waals surface area contributed by atoms with Gasteiger partial charge in [0.05, 0.1) is 18.8 Å². The molecule has 1 unspecified atom stereocenters. The zero-order valence-corrected chi connectivity index (χ0v) is 14.7. The molecule has 1 amide bonds. The molecule has 1 atom stereocenters. The second kappa shape index (κ2) is 9.08. The molecule has 136 valence electrons. The SMILES string of the molecule is COC(=O)CN/C=C(\N)c1ccc(CNC(=O)C2CCCN2C)cc1. The average Bonchev–Trinajstić information content (AvgIpc) is 3.05. The lowest BCUT2D eigenvalue weighted by atomic mass is 10.1. The average molecular weight is 346 g/mol. The number of nitrogens with two attached hydrogens (primary N) is 1. The van der Waals surface area contributed by atoms with Gasteiger partial charge in [-0.05, 0) is 37.6 Å². The van der Waals surface area contributed by atoms with E-state index in [4.69, 9.17) is 5.73 Å². The molecule has 1 fully saturated rings. The van der Waals surface area contributed by atoms with E-state index in [0.29, 0.717) is 12.2 Å². The Bertz CT molecular complexity index is 628. The number of hydrogen-bond acceptors (Lipinski definition) is 6. The number of hydrogen-bond donors (Lipinski definition) is 3. The van der Waals surface area contributed by atoms with Gasteiger partial charge in [0.1, 0.15) is 6.54 Å². The molecule has 0 bridgehead atoms. The largest absolute Gasteiger partial charge is 0.468 e. The van der Waals surface area contributed by atoms with Gasteiger partial charge in [-0.3, -0.25) is 14.5 Å². The van der Waals surface area contributed by atoms with Crippen molar-refractivity contribution in [3.05, 3.63) is 41.6 Å². The minimum Gasteiger partial charge on any atom is -0.468 e. The number of methoxy groups -OCH3 is 1. The first-order valence-corrected chi connectivity index (χ1v) is 8.34. The maximum Gasteiger partial charge on any atom is 0.325 e. The van der Waals surface area contributed by atoms with Crippen molar-refractivity contribution >= 4 is 17.6 Å². The standard InChI is InChI=1S/C18H26N4O3/c1-22-9-3-4-16(22)18(24)21-10-13-5-7-14(8-6-13)15(19)11-20-12-17(23)25-2/h5-8,11,16,20H,3-4,9-10,12,19H2,1-2H3,(H,21,24)/b15-11-. The van der Waals surface area contributed by atoms with E-state index in [2.05, 4.69) is 20.3 Å². The number of rotatable bonds is 7. The molecule has 0 aromatic heterocycles. The van der Waals surface area contributed by atoms with Gasteiger partial charge in [0.25, 0.3) is 0 Å². The number of amides is 1. The molecule has 0 spiro atoms. The molecule has 7 nitrogen and oxygen atoms in total. The van der Waals surface area contributed by atoms with Crippen LogP contribution in [0.4, 0.5) is 0 Å². The van der Waals surface area contributed by atoms with Crippen molar-refractivity contribution < 1.29 is 14.3 Å². The maximum atomic E-state index is 12.2. The lowest BCUT2D eigenvalue weighted by Gasteiger charge is -2.18. The second-order valence-corrected chi connectivity index (χ2v) is 6.11. The lowest BCUT2D eigenvalue weighted by Crippen LogP contribution is -2.41. The van der Waals surface area contributed by atoms with Crippen molar-refractivity contribution in [2.45, 2.75) is 25.4 Å². The van der Waals surface area contributed by atoms with Crippen LogP contribution in [0.5, 0.6) is 0 Å². The van der Waals surface area contributed by atoms with E-state index in [1.54, 1.807) is 6.20 Å². The summed E-state index contributed by atoms with van der Waals surface area (Å²) in [6.07, 6.45) is 3.56. The third kappa shape index (κ3) is 5.49. The number of carbonyl (C=O) groups excluding carboxylic acids is 2. The van der Waals surface area contributed by atoms with Gasteiger partial charge in [-0.15, -0.1) is 0 Å². The van der Waals surface area contributed by atoms with Crippen molar-refractivity contribution in [3.8, 4) is 0 Å². The molecular formula is C18H26N4O3. The van der Waals surface area contributed by atoms with E-state index in [-0.39, 0.29) is 24.5 Å². The van der Waals surface area contributed by atoms with Gasteiger partial charge in [0.2, 0.25) is 5.91 Å². The minimum atomic E-state index is -0.358. The lowest BCUT2D eigenvalue weighted by molar-refractivity contribution is -0.139. The summed E-state index contributed by atoms with van der Waals surface area (Å²) < 4.78 is 4.53. The molecule has 1 heterocycles. The van der Waals surface area contributed by atoms with E-state index in [9.17, 15) is 9.59 Å². The first-order chi connectivity index (χ1) is 12.0. The number of nitrogens with zero attached hydrogens (tertiary/aromatic N) is 1. The number of benzene rings is 1. The van der Waals surface area contributed by atoms with Crippen LogP contribution < -0.4 is 16.4 Å². The molecular weight excluding hydrogens is 320 g/mol. The smallest absolute Gasteiger partial charge is 0.325 e. The Morgan fingerprint density at radius 3 is 2.68 bits per heavy atom. The molecule has 1 aliphatic heterocycles. The van der Waals surface area contributed by atoms with Crippen LogP contribution in [0.25, 0.3) is 5.70 Å². The van der Waals surface area contributed by atoms with Gasteiger partial charge < -0.3 is 21.1 Å². The van der Waals surface area contributed by atoms with E-state index >= 15 is 0 Å². The monoisotopic (exact) mass is 346 g/mol. The van der Waals surface area contributed by atoms with Crippen LogP contribution in [0, 0.1) is 0 Å². The number of esters is 1. The van der Waals surface area contributed by atoms with E-state index in [1.807, 2.05) is 31.3 Å². The van der Waals surface area contributed by atoms with Gasteiger partial charge in [0, 0.05) is 12.7 Å². The normalized spacial score (nSPS) is 18.0. The molecule has 2 rings (SSSR count). The summed E-state index contributed by atoms with van der Waals surface area (Å²) in [7, 11) is 3.31. The maximum absolute atomic E-state index is 12.2. The highest BCUT2D eigenvalue weighted by molar-refractivity contribution is 5.82. The Hall–Kier alpha value is -2.54. The highest BCUT2D eigenvalue weighted by Crippen LogP contribution is 2.15. The minimum absolute atomic E-state index is 0.0151. The Morgan fingerprint density at radius 1 is 1.36 bits per heavy atom. The van der Waals surface area contributed by atoms with Crippen LogP contribution in [0.15, 0.2) is 30.5 Å². The van der Waals surface area contributed by atoms with Crippen molar-refractivity contribution in [3.63, 3.8) is 0 Å². The molecule has 7 heteroatoms. The fourth-order valence-electron chi connectivity index (χ4n) is 2.76. The highest BCUT2D eigenvalue weighted by Gasteiger charge is 2.27. The Labute approximate surface area is 148 Å². The molecule has 4 N–H and O–H groups in total. The van der Waals surface area contributed by atoms with Crippen LogP contribution >= 0.6 is 0 Å². The summed E-state index contributed by atoms with van der Waals surface area (Å²) in [6.45, 7) is 1.53. The third-order valence-electron chi connectivity index (χ3n) is 4.31. The Morgan fingerprint density at radius 2 is 2.08 bits per heavy atom. The van der Waals surface area contributed by atoms with E-state index in [0.717, 1.165) is 30.5 Å². The molecule has 0 saturated carbocycles. The first kappa shape index (κ1) is 18.8. The molecule has 25 heavy (non-hydrogen) atoms. The van der Waals surface area contributed by atoms with Gasteiger partial charge in [-0.2, -0.15) is 0 Å². The molecule has 1 aliphatic rings. The van der Waals surface area contributed by atoms with Crippen LogP contribution in [0.2, 0.25) is 0 Å². The zero-order valence-electron chi connectivity index (χ0n) is 14.7. The van der Waals surface area contributed by atoms with Crippen molar-refractivity contribution in [1.82, 2.24) is 15.5 Å². The Balaban J connectivity index is 1.83. The van der Waals surface area contributed by atoms with Crippen LogP contribution in [-0.4, -0.2) is 50.1 Å². The van der Waals surface area contributed by atoms with Crippen LogP contribution in [-0.2, 0) is 20.9 Å². The second-order valence-electron chi connectivity index (χ2n) is 6.11.